The molecule has 0 fully saturated rings. The van der Waals surface area contributed by atoms with Crippen LogP contribution in [0, 0.1) is 0 Å². The van der Waals surface area contributed by atoms with Crippen molar-refractivity contribution in [1.29, 1.82) is 0 Å². The van der Waals surface area contributed by atoms with E-state index in [1.165, 1.54) is 20.2 Å². The monoisotopic (exact) mass is 190 g/mol. The molecular formula is C10H6S2. The zero-order valence-corrected chi connectivity index (χ0v) is 7.91. The first-order chi connectivity index (χ1) is 5.95. The lowest BCUT2D eigenvalue weighted by atomic mass is 10.1. The van der Waals surface area contributed by atoms with Gasteiger partial charge in [0.1, 0.15) is 0 Å². The summed E-state index contributed by atoms with van der Waals surface area (Å²) in [5, 5.41) is 2.75. The van der Waals surface area contributed by atoms with E-state index in [0.29, 0.717) is 0 Å². The standard InChI is InChI=1S/C10H6S2/c1-2-4-8-7(3-1)5-6-9-10(8)12-11-9/h1-6H. The zero-order chi connectivity index (χ0) is 7.97. The highest BCUT2D eigenvalue weighted by atomic mass is 32.9. The normalized spacial score (nSPS) is 11.3. The maximum atomic E-state index is 2.21. The van der Waals surface area contributed by atoms with Crippen LogP contribution in [0.25, 0.3) is 20.2 Å². The van der Waals surface area contributed by atoms with Crippen LogP contribution in [0.3, 0.4) is 0 Å². The average Bonchev–Trinajstić information content (AvgIpc) is 2.05. The lowest BCUT2D eigenvalue weighted by Crippen LogP contribution is -1.73. The van der Waals surface area contributed by atoms with Gasteiger partial charge in [-0.25, -0.2) is 0 Å². The molecule has 3 rings (SSSR count). The first-order valence-corrected chi connectivity index (χ1v) is 5.96. The highest BCUT2D eigenvalue weighted by molar-refractivity contribution is 7.78. The third kappa shape index (κ3) is 0.765. The fourth-order valence-corrected chi connectivity index (χ4v) is 3.49. The summed E-state index contributed by atoms with van der Waals surface area (Å²) in [6.07, 6.45) is 0. The van der Waals surface area contributed by atoms with Gasteiger partial charge >= 0.3 is 0 Å². The summed E-state index contributed by atoms with van der Waals surface area (Å²) < 4.78 is 2.89. The molecule has 0 unspecified atom stereocenters. The molecule has 0 amide bonds. The fraction of sp³-hybridized carbons (Fsp3) is 0. The van der Waals surface area contributed by atoms with Crippen molar-refractivity contribution in [3.05, 3.63) is 36.4 Å². The van der Waals surface area contributed by atoms with Gasteiger partial charge in [0, 0.05) is 5.39 Å². The van der Waals surface area contributed by atoms with Gasteiger partial charge < -0.3 is 0 Å². The molecule has 0 radical (unpaired) electrons. The highest BCUT2D eigenvalue weighted by Gasteiger charge is 2.02. The molecule has 0 saturated heterocycles. The number of rotatable bonds is 0. The van der Waals surface area contributed by atoms with Crippen molar-refractivity contribution in [2.75, 3.05) is 0 Å². The van der Waals surface area contributed by atoms with Gasteiger partial charge in [0.15, 0.2) is 0 Å². The molecule has 0 nitrogen and oxygen atoms in total. The number of hydrogen-bond acceptors (Lipinski definition) is 2. The van der Waals surface area contributed by atoms with Gasteiger partial charge in [-0.05, 0) is 11.5 Å². The maximum absolute atomic E-state index is 2.21. The molecule has 0 aliphatic carbocycles. The second-order valence-corrected chi connectivity index (χ2v) is 4.96. The van der Waals surface area contributed by atoms with E-state index >= 15 is 0 Å². The summed E-state index contributed by atoms with van der Waals surface area (Å²) in [7, 11) is 3.74. The van der Waals surface area contributed by atoms with Crippen LogP contribution in [0.2, 0.25) is 0 Å². The van der Waals surface area contributed by atoms with Crippen molar-refractivity contribution >= 4 is 40.9 Å². The van der Waals surface area contributed by atoms with Crippen molar-refractivity contribution in [3.8, 4) is 0 Å². The Balaban J connectivity index is 2.62. The quantitative estimate of drug-likeness (QED) is 0.468. The molecule has 2 aromatic carbocycles. The molecule has 0 atom stereocenters. The molecule has 12 heavy (non-hydrogen) atoms. The molecule has 0 aliphatic rings. The van der Waals surface area contributed by atoms with Crippen LogP contribution in [-0.4, -0.2) is 0 Å². The van der Waals surface area contributed by atoms with E-state index in [-0.39, 0.29) is 0 Å². The Hall–Kier alpha value is -0.860. The van der Waals surface area contributed by atoms with Crippen molar-refractivity contribution in [2.24, 2.45) is 0 Å². The molecule has 0 aliphatic heterocycles. The van der Waals surface area contributed by atoms with E-state index in [4.69, 9.17) is 0 Å². The minimum Gasteiger partial charge on any atom is -0.0785 e. The third-order valence-corrected chi connectivity index (χ3v) is 4.69. The van der Waals surface area contributed by atoms with Gasteiger partial charge in [0.05, 0.1) is 9.40 Å². The summed E-state index contributed by atoms with van der Waals surface area (Å²) in [5.41, 5.74) is 0. The van der Waals surface area contributed by atoms with Crippen molar-refractivity contribution in [1.82, 2.24) is 0 Å². The molecule has 1 heterocycles. The third-order valence-electron chi connectivity index (χ3n) is 2.06. The van der Waals surface area contributed by atoms with E-state index in [0.717, 1.165) is 0 Å². The number of benzene rings is 2. The van der Waals surface area contributed by atoms with Crippen molar-refractivity contribution in [2.45, 2.75) is 0 Å². The Labute approximate surface area is 77.5 Å². The molecule has 0 spiro atoms. The van der Waals surface area contributed by atoms with Crippen LogP contribution >= 0.6 is 20.7 Å². The van der Waals surface area contributed by atoms with E-state index < -0.39 is 0 Å². The van der Waals surface area contributed by atoms with Gasteiger partial charge in [0.2, 0.25) is 0 Å². The second-order valence-electron chi connectivity index (χ2n) is 2.78. The van der Waals surface area contributed by atoms with Crippen LogP contribution in [-0.2, 0) is 0 Å². The zero-order valence-electron chi connectivity index (χ0n) is 6.28. The summed E-state index contributed by atoms with van der Waals surface area (Å²) in [6.45, 7) is 0. The Kier molecular flexibility index (Phi) is 1.28. The smallest absolute Gasteiger partial charge is 0.0636 e. The molecular weight excluding hydrogens is 184 g/mol. The fourth-order valence-electron chi connectivity index (χ4n) is 1.43. The van der Waals surface area contributed by atoms with Crippen LogP contribution in [0.4, 0.5) is 0 Å². The van der Waals surface area contributed by atoms with E-state index in [9.17, 15) is 0 Å². The van der Waals surface area contributed by atoms with Gasteiger partial charge in [-0.15, -0.1) is 0 Å². The summed E-state index contributed by atoms with van der Waals surface area (Å²) in [5.74, 6) is 0. The molecule has 0 bridgehead atoms. The second kappa shape index (κ2) is 2.31. The summed E-state index contributed by atoms with van der Waals surface area (Å²) >= 11 is 0. The summed E-state index contributed by atoms with van der Waals surface area (Å²) in [4.78, 5) is 0. The molecule has 3 aromatic rings. The topological polar surface area (TPSA) is 0 Å². The SMILES string of the molecule is c1ccc2c(c1)ccc1ssc12. The number of fused-ring (bicyclic) bond motifs is 3. The molecule has 58 valence electrons. The van der Waals surface area contributed by atoms with Crippen LogP contribution in [0.1, 0.15) is 0 Å². The summed E-state index contributed by atoms with van der Waals surface area (Å²) in [6, 6.07) is 13.0. The predicted octanol–water partition coefficient (Wildman–Crippen LogP) is 4.12. The van der Waals surface area contributed by atoms with E-state index in [1.54, 1.807) is 0 Å². The van der Waals surface area contributed by atoms with Gasteiger partial charge in [-0.1, -0.05) is 51.0 Å². The lowest BCUT2D eigenvalue weighted by Gasteiger charge is -2.03. The van der Waals surface area contributed by atoms with Crippen LogP contribution in [0.15, 0.2) is 36.4 Å². The number of hydrogen-bond donors (Lipinski definition) is 0. The maximum Gasteiger partial charge on any atom is 0.0636 e. The first-order valence-electron chi connectivity index (χ1n) is 3.81. The Morgan fingerprint density at radius 2 is 1.75 bits per heavy atom. The molecule has 2 heteroatoms. The predicted molar refractivity (Wildman–Crippen MR) is 57.2 cm³/mol. The lowest BCUT2D eigenvalue weighted by molar-refractivity contribution is 1.82. The van der Waals surface area contributed by atoms with Gasteiger partial charge in [-0.3, -0.25) is 0 Å². The van der Waals surface area contributed by atoms with Crippen molar-refractivity contribution < 1.29 is 0 Å². The minimum absolute atomic E-state index is 1.35. The van der Waals surface area contributed by atoms with Gasteiger partial charge in [-0.2, -0.15) is 0 Å². The largest absolute Gasteiger partial charge is 0.0785 e. The van der Waals surface area contributed by atoms with Crippen molar-refractivity contribution in [3.63, 3.8) is 0 Å². The minimum atomic E-state index is 1.35. The van der Waals surface area contributed by atoms with Gasteiger partial charge in [0.25, 0.3) is 0 Å². The van der Waals surface area contributed by atoms with Crippen LogP contribution < -0.4 is 0 Å². The average molecular weight is 190 g/mol. The van der Waals surface area contributed by atoms with Crippen LogP contribution in [0.5, 0.6) is 0 Å². The first kappa shape index (κ1) is 6.63. The highest BCUT2D eigenvalue weighted by Crippen LogP contribution is 2.37. The molecule has 0 N–H and O–H groups in total. The van der Waals surface area contributed by atoms with E-state index in [2.05, 4.69) is 36.4 Å². The molecule has 0 saturated carbocycles. The Morgan fingerprint density at radius 3 is 2.58 bits per heavy atom. The van der Waals surface area contributed by atoms with E-state index in [1.807, 2.05) is 20.7 Å². The molecule has 1 aromatic heterocycles. The Bertz CT molecular complexity index is 525. The Morgan fingerprint density at radius 1 is 0.833 bits per heavy atom.